The van der Waals surface area contributed by atoms with Crippen LogP contribution in [0, 0.1) is 6.92 Å². The summed E-state index contributed by atoms with van der Waals surface area (Å²) in [6.07, 6.45) is 4.09. The van der Waals surface area contributed by atoms with Crippen LogP contribution < -0.4 is 0 Å². The number of carbonyl (C=O) groups is 1. The molecule has 2 heterocycles. The van der Waals surface area contributed by atoms with Crippen molar-refractivity contribution in [2.24, 2.45) is 0 Å². The molecule has 0 aliphatic carbocycles. The maximum atomic E-state index is 11.8. The minimum atomic E-state index is 0.161. The first-order valence-electron chi connectivity index (χ1n) is 6.03. The van der Waals surface area contributed by atoms with Crippen LogP contribution in [0.1, 0.15) is 30.1 Å². The number of rotatable bonds is 3. The van der Waals surface area contributed by atoms with Gasteiger partial charge in [0.15, 0.2) is 0 Å². The number of likely N-dealkylation sites (tertiary alicyclic amines) is 1. The fourth-order valence-corrected chi connectivity index (χ4v) is 2.35. The molecule has 1 unspecified atom stereocenters. The van der Waals surface area contributed by atoms with Gasteiger partial charge in [-0.1, -0.05) is 0 Å². The highest BCUT2D eigenvalue weighted by molar-refractivity contribution is 5.77. The summed E-state index contributed by atoms with van der Waals surface area (Å²) in [4.78, 5) is 15.6. The Labute approximate surface area is 102 Å². The Hall–Kier alpha value is -1.36. The molecule has 0 spiro atoms. The van der Waals surface area contributed by atoms with Crippen molar-refractivity contribution in [3.05, 3.63) is 17.5 Å². The van der Waals surface area contributed by atoms with Crippen molar-refractivity contribution in [2.45, 2.75) is 25.8 Å². The molecule has 1 aromatic rings. The van der Waals surface area contributed by atoms with E-state index in [4.69, 9.17) is 0 Å². The average Bonchev–Trinajstić information content (AvgIpc) is 2.86. The largest absolute Gasteiger partial charge is 0.348 e. The van der Waals surface area contributed by atoms with E-state index < -0.39 is 0 Å². The highest BCUT2D eigenvalue weighted by Crippen LogP contribution is 2.31. The molecule has 5 nitrogen and oxygen atoms in total. The average molecular weight is 236 g/mol. The molecule has 0 radical (unpaired) electrons. The van der Waals surface area contributed by atoms with Gasteiger partial charge in [-0.25, -0.2) is 0 Å². The third kappa shape index (κ3) is 2.49. The lowest BCUT2D eigenvalue weighted by Gasteiger charge is -2.24. The molecule has 0 saturated carbocycles. The zero-order chi connectivity index (χ0) is 12.4. The zero-order valence-electron chi connectivity index (χ0n) is 10.7. The molecule has 1 saturated heterocycles. The second kappa shape index (κ2) is 4.87. The molecule has 0 bridgehead atoms. The number of carbonyl (C=O) groups excluding carboxylic acids is 1. The lowest BCUT2D eigenvalue weighted by Crippen LogP contribution is -2.36. The number of likely N-dealkylation sites (N-methyl/N-ethyl adjacent to an activating group) is 1. The van der Waals surface area contributed by atoms with Gasteiger partial charge in [-0.05, 0) is 31.9 Å². The van der Waals surface area contributed by atoms with Crippen LogP contribution in [0.5, 0.6) is 0 Å². The summed E-state index contributed by atoms with van der Waals surface area (Å²) in [7, 11) is 3.60. The first-order valence-corrected chi connectivity index (χ1v) is 6.03. The van der Waals surface area contributed by atoms with Crippen molar-refractivity contribution >= 4 is 5.91 Å². The lowest BCUT2D eigenvalue weighted by molar-refractivity contribution is -0.130. The number of amides is 1. The van der Waals surface area contributed by atoms with Gasteiger partial charge in [0.1, 0.15) is 0 Å². The van der Waals surface area contributed by atoms with Gasteiger partial charge >= 0.3 is 0 Å². The van der Waals surface area contributed by atoms with Crippen molar-refractivity contribution in [1.82, 2.24) is 20.0 Å². The number of H-pyrrole nitrogens is 1. The molecule has 1 aliphatic heterocycles. The predicted octanol–water partition coefficient (Wildman–Crippen LogP) is 0.943. The summed E-state index contributed by atoms with van der Waals surface area (Å²) in [5, 5.41) is 7.13. The zero-order valence-corrected chi connectivity index (χ0v) is 10.7. The monoisotopic (exact) mass is 236 g/mol. The van der Waals surface area contributed by atoms with Crippen LogP contribution in [-0.4, -0.2) is 53.1 Å². The van der Waals surface area contributed by atoms with Gasteiger partial charge in [0, 0.05) is 14.1 Å². The molecule has 2 rings (SSSR count). The second-order valence-electron chi connectivity index (χ2n) is 4.88. The first kappa shape index (κ1) is 12.1. The second-order valence-corrected chi connectivity index (χ2v) is 4.88. The minimum Gasteiger partial charge on any atom is -0.348 e. The fraction of sp³-hybridized carbons (Fsp3) is 0.667. The van der Waals surface area contributed by atoms with E-state index in [2.05, 4.69) is 22.0 Å². The van der Waals surface area contributed by atoms with E-state index >= 15 is 0 Å². The molecule has 1 aliphatic rings. The molecule has 0 aromatic carbocycles. The van der Waals surface area contributed by atoms with Gasteiger partial charge in [0.05, 0.1) is 24.5 Å². The molecular formula is C12H20N4O. The lowest BCUT2D eigenvalue weighted by atomic mass is 10.1. The number of hydrogen-bond donors (Lipinski definition) is 1. The van der Waals surface area contributed by atoms with Crippen LogP contribution in [0.15, 0.2) is 6.20 Å². The highest BCUT2D eigenvalue weighted by atomic mass is 16.2. The van der Waals surface area contributed by atoms with E-state index in [1.54, 1.807) is 19.0 Å². The third-order valence-corrected chi connectivity index (χ3v) is 3.40. The smallest absolute Gasteiger partial charge is 0.236 e. The third-order valence-electron chi connectivity index (χ3n) is 3.40. The Bertz CT molecular complexity index is 399. The van der Waals surface area contributed by atoms with Crippen molar-refractivity contribution in [1.29, 1.82) is 0 Å². The fourth-order valence-electron chi connectivity index (χ4n) is 2.35. The van der Waals surface area contributed by atoms with E-state index in [1.165, 1.54) is 5.56 Å². The Kier molecular flexibility index (Phi) is 3.47. The summed E-state index contributed by atoms with van der Waals surface area (Å²) < 4.78 is 0. The summed E-state index contributed by atoms with van der Waals surface area (Å²) >= 11 is 0. The number of aromatic nitrogens is 2. The van der Waals surface area contributed by atoms with E-state index in [-0.39, 0.29) is 5.91 Å². The van der Waals surface area contributed by atoms with Gasteiger partial charge in [0.2, 0.25) is 5.91 Å². The van der Waals surface area contributed by atoms with E-state index in [0.29, 0.717) is 12.6 Å². The Morgan fingerprint density at radius 3 is 3.00 bits per heavy atom. The Balaban J connectivity index is 2.08. The molecule has 1 atom stereocenters. The number of aromatic amines is 1. The van der Waals surface area contributed by atoms with Crippen LogP contribution in [0.2, 0.25) is 0 Å². The normalized spacial score (nSPS) is 20.8. The molecule has 5 heteroatoms. The molecule has 17 heavy (non-hydrogen) atoms. The standard InChI is InChI=1S/C12H20N4O/c1-9-7-13-14-12(9)10-5-4-6-16(10)8-11(17)15(2)3/h7,10H,4-6,8H2,1-3H3,(H,13,14). The Morgan fingerprint density at radius 1 is 1.65 bits per heavy atom. The quantitative estimate of drug-likeness (QED) is 0.850. The van der Waals surface area contributed by atoms with E-state index in [9.17, 15) is 4.79 Å². The molecule has 1 aromatic heterocycles. The van der Waals surface area contributed by atoms with E-state index in [1.807, 2.05) is 6.20 Å². The SMILES string of the molecule is Cc1cn[nH]c1C1CCCN1CC(=O)N(C)C. The molecular weight excluding hydrogens is 216 g/mol. The van der Waals surface area contributed by atoms with Gasteiger partial charge in [-0.2, -0.15) is 5.10 Å². The minimum absolute atomic E-state index is 0.161. The maximum absolute atomic E-state index is 11.8. The van der Waals surface area contributed by atoms with Crippen LogP contribution in [0.25, 0.3) is 0 Å². The van der Waals surface area contributed by atoms with Gasteiger partial charge in [-0.15, -0.1) is 0 Å². The molecule has 1 fully saturated rings. The molecule has 94 valence electrons. The number of hydrogen-bond acceptors (Lipinski definition) is 3. The molecule has 1 amide bonds. The van der Waals surface area contributed by atoms with Gasteiger partial charge in [0.25, 0.3) is 0 Å². The number of nitrogens with zero attached hydrogens (tertiary/aromatic N) is 3. The Morgan fingerprint density at radius 2 is 2.41 bits per heavy atom. The van der Waals surface area contributed by atoms with Crippen LogP contribution >= 0.6 is 0 Å². The van der Waals surface area contributed by atoms with Crippen molar-refractivity contribution in [2.75, 3.05) is 27.2 Å². The van der Waals surface area contributed by atoms with E-state index in [0.717, 1.165) is 25.1 Å². The highest BCUT2D eigenvalue weighted by Gasteiger charge is 2.29. The van der Waals surface area contributed by atoms with Crippen LogP contribution in [-0.2, 0) is 4.79 Å². The van der Waals surface area contributed by atoms with Crippen molar-refractivity contribution in [3.8, 4) is 0 Å². The maximum Gasteiger partial charge on any atom is 0.236 e. The predicted molar refractivity (Wildman–Crippen MR) is 65.6 cm³/mol. The topological polar surface area (TPSA) is 52.2 Å². The molecule has 1 N–H and O–H groups in total. The van der Waals surface area contributed by atoms with Crippen molar-refractivity contribution in [3.63, 3.8) is 0 Å². The summed E-state index contributed by atoms with van der Waals surface area (Å²) in [5.41, 5.74) is 2.34. The number of aryl methyl sites for hydroxylation is 1. The van der Waals surface area contributed by atoms with Crippen LogP contribution in [0.3, 0.4) is 0 Å². The summed E-state index contributed by atoms with van der Waals surface area (Å²) in [5.74, 6) is 0.161. The van der Waals surface area contributed by atoms with Crippen LogP contribution in [0.4, 0.5) is 0 Å². The van der Waals surface area contributed by atoms with Gasteiger partial charge < -0.3 is 4.90 Å². The van der Waals surface area contributed by atoms with Crippen molar-refractivity contribution < 1.29 is 4.79 Å². The summed E-state index contributed by atoms with van der Waals surface area (Å²) in [6.45, 7) is 3.54. The number of nitrogens with one attached hydrogen (secondary N) is 1. The van der Waals surface area contributed by atoms with Gasteiger partial charge in [-0.3, -0.25) is 14.8 Å². The first-order chi connectivity index (χ1) is 8.09. The summed E-state index contributed by atoms with van der Waals surface area (Å²) in [6, 6.07) is 0.321.